The van der Waals surface area contributed by atoms with Crippen LogP contribution in [0.2, 0.25) is 0 Å². The Kier molecular flexibility index (Phi) is 2.83. The molecule has 1 heterocycles. The molecule has 0 bridgehead atoms. The summed E-state index contributed by atoms with van der Waals surface area (Å²) in [6, 6.07) is 5.73. The standard InChI is InChI=1S/C12H17N3O/c1-2-11(12(14)16)15-6-8-3-4-10(13)5-9(8)7-15/h3-5,11H,2,6-7,13H2,1H3,(H2,14,16). The number of nitrogens with two attached hydrogens (primary N) is 2. The molecule has 1 amide bonds. The van der Waals surface area contributed by atoms with Crippen molar-refractivity contribution in [2.75, 3.05) is 5.73 Å². The maximum atomic E-state index is 11.3. The van der Waals surface area contributed by atoms with Crippen LogP contribution in [0, 0.1) is 0 Å². The quantitative estimate of drug-likeness (QED) is 0.740. The second kappa shape index (κ2) is 4.14. The molecule has 1 aromatic carbocycles. The maximum absolute atomic E-state index is 11.3. The van der Waals surface area contributed by atoms with Gasteiger partial charge in [0.05, 0.1) is 6.04 Å². The zero-order valence-electron chi connectivity index (χ0n) is 9.44. The lowest BCUT2D eigenvalue weighted by Gasteiger charge is -2.23. The van der Waals surface area contributed by atoms with E-state index in [2.05, 4.69) is 4.90 Å². The summed E-state index contributed by atoms with van der Waals surface area (Å²) in [7, 11) is 0. The van der Waals surface area contributed by atoms with Crippen molar-refractivity contribution in [3.8, 4) is 0 Å². The molecule has 1 aliphatic heterocycles. The van der Waals surface area contributed by atoms with E-state index in [1.54, 1.807) is 0 Å². The van der Waals surface area contributed by atoms with Gasteiger partial charge in [-0.25, -0.2) is 0 Å². The van der Waals surface area contributed by atoms with E-state index in [4.69, 9.17) is 11.5 Å². The molecule has 0 radical (unpaired) electrons. The van der Waals surface area contributed by atoms with E-state index in [0.717, 1.165) is 25.2 Å². The number of carbonyl (C=O) groups excluding carboxylic acids is 1. The lowest BCUT2D eigenvalue weighted by molar-refractivity contribution is -0.123. The molecular weight excluding hydrogens is 202 g/mol. The Morgan fingerprint density at radius 3 is 2.75 bits per heavy atom. The number of nitrogen functional groups attached to an aromatic ring is 1. The Morgan fingerprint density at radius 2 is 2.12 bits per heavy atom. The third-order valence-corrected chi connectivity index (χ3v) is 3.13. The number of primary amides is 1. The summed E-state index contributed by atoms with van der Waals surface area (Å²) in [5.41, 5.74) is 14.3. The van der Waals surface area contributed by atoms with Crippen LogP contribution in [0.15, 0.2) is 18.2 Å². The predicted octanol–water partition coefficient (Wildman–Crippen LogP) is 0.848. The monoisotopic (exact) mass is 219 g/mol. The summed E-state index contributed by atoms with van der Waals surface area (Å²) in [6.45, 7) is 3.53. The number of hydrogen-bond donors (Lipinski definition) is 2. The molecular formula is C12H17N3O. The van der Waals surface area contributed by atoms with Crippen molar-refractivity contribution in [2.45, 2.75) is 32.5 Å². The van der Waals surface area contributed by atoms with Crippen molar-refractivity contribution in [3.05, 3.63) is 29.3 Å². The SMILES string of the molecule is CCC(C(N)=O)N1Cc2ccc(N)cc2C1. The first-order valence-corrected chi connectivity index (χ1v) is 5.52. The molecule has 1 aliphatic rings. The number of nitrogens with zero attached hydrogens (tertiary/aromatic N) is 1. The number of amides is 1. The minimum absolute atomic E-state index is 0.173. The Labute approximate surface area is 95.2 Å². The highest BCUT2D eigenvalue weighted by molar-refractivity contribution is 5.79. The molecule has 0 aromatic heterocycles. The van der Waals surface area contributed by atoms with Crippen LogP contribution in [0.1, 0.15) is 24.5 Å². The highest BCUT2D eigenvalue weighted by Crippen LogP contribution is 2.26. The van der Waals surface area contributed by atoms with E-state index in [9.17, 15) is 4.79 Å². The first-order chi connectivity index (χ1) is 7.61. The van der Waals surface area contributed by atoms with Gasteiger partial charge in [0.1, 0.15) is 0 Å². The number of fused-ring (bicyclic) bond motifs is 1. The minimum Gasteiger partial charge on any atom is -0.399 e. The molecule has 0 fully saturated rings. The number of anilines is 1. The molecule has 1 atom stereocenters. The van der Waals surface area contributed by atoms with E-state index in [-0.39, 0.29) is 11.9 Å². The fourth-order valence-electron chi connectivity index (χ4n) is 2.30. The average Bonchev–Trinajstić information content (AvgIpc) is 2.60. The first-order valence-electron chi connectivity index (χ1n) is 5.52. The largest absolute Gasteiger partial charge is 0.399 e. The molecule has 4 heteroatoms. The topological polar surface area (TPSA) is 72.4 Å². The molecule has 1 unspecified atom stereocenters. The summed E-state index contributed by atoms with van der Waals surface area (Å²) in [4.78, 5) is 13.4. The van der Waals surface area contributed by atoms with Crippen molar-refractivity contribution in [1.29, 1.82) is 0 Å². The Bertz CT molecular complexity index is 417. The van der Waals surface area contributed by atoms with Crippen LogP contribution in [0.3, 0.4) is 0 Å². The summed E-state index contributed by atoms with van der Waals surface area (Å²) in [5.74, 6) is -0.247. The van der Waals surface area contributed by atoms with Gasteiger partial charge in [0.15, 0.2) is 0 Å². The van der Waals surface area contributed by atoms with Crippen molar-refractivity contribution >= 4 is 11.6 Å². The smallest absolute Gasteiger partial charge is 0.234 e. The van der Waals surface area contributed by atoms with E-state index >= 15 is 0 Å². The average molecular weight is 219 g/mol. The summed E-state index contributed by atoms with van der Waals surface area (Å²) in [6.07, 6.45) is 0.749. The van der Waals surface area contributed by atoms with Crippen molar-refractivity contribution in [3.63, 3.8) is 0 Å². The number of benzene rings is 1. The summed E-state index contributed by atoms with van der Waals surface area (Å²) in [5, 5.41) is 0. The van der Waals surface area contributed by atoms with Gasteiger partial charge in [0.2, 0.25) is 5.91 Å². The third-order valence-electron chi connectivity index (χ3n) is 3.13. The van der Waals surface area contributed by atoms with Gasteiger partial charge < -0.3 is 11.5 Å². The second-order valence-corrected chi connectivity index (χ2v) is 4.26. The van der Waals surface area contributed by atoms with Crippen LogP contribution in [0.25, 0.3) is 0 Å². The van der Waals surface area contributed by atoms with Gasteiger partial charge in [-0.05, 0) is 29.7 Å². The molecule has 2 rings (SSSR count). The van der Waals surface area contributed by atoms with Gasteiger partial charge in [-0.1, -0.05) is 13.0 Å². The van der Waals surface area contributed by atoms with Crippen LogP contribution >= 0.6 is 0 Å². The highest BCUT2D eigenvalue weighted by atomic mass is 16.1. The normalized spacial score (nSPS) is 17.1. The molecule has 16 heavy (non-hydrogen) atoms. The lowest BCUT2D eigenvalue weighted by Crippen LogP contribution is -2.41. The van der Waals surface area contributed by atoms with Crippen molar-refractivity contribution in [1.82, 2.24) is 4.90 Å². The van der Waals surface area contributed by atoms with Crippen molar-refractivity contribution in [2.24, 2.45) is 5.73 Å². The number of hydrogen-bond acceptors (Lipinski definition) is 3. The molecule has 4 nitrogen and oxygen atoms in total. The van der Waals surface area contributed by atoms with Crippen LogP contribution in [0.4, 0.5) is 5.69 Å². The minimum atomic E-state index is -0.247. The second-order valence-electron chi connectivity index (χ2n) is 4.26. The summed E-state index contributed by atoms with van der Waals surface area (Å²) >= 11 is 0. The zero-order chi connectivity index (χ0) is 11.7. The molecule has 0 saturated carbocycles. The fourth-order valence-corrected chi connectivity index (χ4v) is 2.30. The van der Waals surface area contributed by atoms with Gasteiger partial charge in [0, 0.05) is 18.8 Å². The number of rotatable bonds is 3. The Morgan fingerprint density at radius 1 is 1.44 bits per heavy atom. The van der Waals surface area contributed by atoms with Crippen LogP contribution < -0.4 is 11.5 Å². The molecule has 4 N–H and O–H groups in total. The van der Waals surface area contributed by atoms with Crippen LogP contribution in [-0.2, 0) is 17.9 Å². The van der Waals surface area contributed by atoms with Gasteiger partial charge in [-0.2, -0.15) is 0 Å². The fraction of sp³-hybridized carbons (Fsp3) is 0.417. The molecule has 0 saturated heterocycles. The molecule has 1 aromatic rings. The molecule has 86 valence electrons. The van der Waals surface area contributed by atoms with E-state index < -0.39 is 0 Å². The number of carbonyl (C=O) groups is 1. The van der Waals surface area contributed by atoms with E-state index in [1.165, 1.54) is 11.1 Å². The van der Waals surface area contributed by atoms with E-state index in [1.807, 2.05) is 25.1 Å². The van der Waals surface area contributed by atoms with Gasteiger partial charge in [0.25, 0.3) is 0 Å². The van der Waals surface area contributed by atoms with Gasteiger partial charge in [-0.15, -0.1) is 0 Å². The lowest BCUT2D eigenvalue weighted by atomic mass is 10.1. The first kappa shape index (κ1) is 11.0. The molecule has 0 spiro atoms. The molecule has 0 aliphatic carbocycles. The van der Waals surface area contributed by atoms with Gasteiger partial charge >= 0.3 is 0 Å². The van der Waals surface area contributed by atoms with E-state index in [0.29, 0.717) is 0 Å². The third kappa shape index (κ3) is 1.88. The van der Waals surface area contributed by atoms with Crippen molar-refractivity contribution < 1.29 is 4.79 Å². The summed E-state index contributed by atoms with van der Waals surface area (Å²) < 4.78 is 0. The van der Waals surface area contributed by atoms with Crippen LogP contribution in [0.5, 0.6) is 0 Å². The predicted molar refractivity (Wildman–Crippen MR) is 63.4 cm³/mol. The Balaban J connectivity index is 2.18. The maximum Gasteiger partial charge on any atom is 0.234 e. The Hall–Kier alpha value is -1.55. The zero-order valence-corrected chi connectivity index (χ0v) is 9.44. The van der Waals surface area contributed by atoms with Gasteiger partial charge in [-0.3, -0.25) is 9.69 Å². The van der Waals surface area contributed by atoms with Crippen LogP contribution in [-0.4, -0.2) is 16.8 Å². The highest BCUT2D eigenvalue weighted by Gasteiger charge is 2.27.